The van der Waals surface area contributed by atoms with Crippen molar-refractivity contribution >= 4 is 11.6 Å². The summed E-state index contributed by atoms with van der Waals surface area (Å²) in [6.45, 7) is 14.3. The molecular formula is C21H27NO. The van der Waals surface area contributed by atoms with Crippen LogP contribution in [0.1, 0.15) is 20.8 Å². The molecule has 122 valence electrons. The Morgan fingerprint density at radius 2 is 1.91 bits per heavy atom. The van der Waals surface area contributed by atoms with E-state index in [2.05, 4.69) is 52.1 Å². The van der Waals surface area contributed by atoms with Crippen molar-refractivity contribution in [1.29, 1.82) is 0 Å². The zero-order valence-corrected chi connectivity index (χ0v) is 14.6. The molecule has 0 saturated heterocycles. The quantitative estimate of drug-likeness (QED) is 0.637. The molecule has 0 radical (unpaired) electrons. The molecule has 1 N–H and O–H groups in total. The Bertz CT molecular complexity index is 735. The summed E-state index contributed by atoms with van der Waals surface area (Å²) in [6.07, 6.45) is 8.53. The van der Waals surface area contributed by atoms with E-state index in [9.17, 15) is 0 Å². The maximum absolute atomic E-state index is 9.11. The second-order valence-electron chi connectivity index (χ2n) is 5.77. The highest BCUT2D eigenvalue weighted by Crippen LogP contribution is 2.15. The molecule has 0 bridgehead atoms. The first-order valence-corrected chi connectivity index (χ1v) is 7.75. The number of hydrogen-bond acceptors (Lipinski definition) is 2. The molecular weight excluding hydrogens is 282 g/mol. The molecule has 0 atom stereocenters. The van der Waals surface area contributed by atoms with Crippen molar-refractivity contribution in [3.05, 3.63) is 83.7 Å². The van der Waals surface area contributed by atoms with E-state index in [0.717, 1.165) is 17.1 Å². The summed E-state index contributed by atoms with van der Waals surface area (Å²) in [5, 5.41) is 11.4. The van der Waals surface area contributed by atoms with Crippen LogP contribution in [0.15, 0.2) is 73.3 Å². The Balaban J connectivity index is 3.28. The molecule has 0 saturated carbocycles. The number of hydrogen-bond donors (Lipinski definition) is 1. The summed E-state index contributed by atoms with van der Waals surface area (Å²) >= 11 is 0. The van der Waals surface area contributed by atoms with Gasteiger partial charge in [-0.1, -0.05) is 57.3 Å². The lowest BCUT2D eigenvalue weighted by Crippen LogP contribution is -2.26. The molecule has 0 fully saturated rings. The molecule has 0 aliphatic carbocycles. The van der Waals surface area contributed by atoms with Crippen LogP contribution in [0.25, 0.3) is 11.6 Å². The normalized spacial score (nSPS) is 14.3. The Morgan fingerprint density at radius 1 is 1.26 bits per heavy atom. The molecule has 1 aromatic rings. The Hall–Kier alpha value is -2.48. The van der Waals surface area contributed by atoms with Crippen LogP contribution in [0.3, 0.4) is 0 Å². The Morgan fingerprint density at radius 3 is 2.48 bits per heavy atom. The zero-order valence-electron chi connectivity index (χ0n) is 14.6. The molecule has 0 aromatic heterocycles. The first-order valence-electron chi connectivity index (χ1n) is 7.75. The van der Waals surface area contributed by atoms with Crippen LogP contribution in [0.5, 0.6) is 0 Å². The van der Waals surface area contributed by atoms with Crippen LogP contribution in [-0.2, 0) is 0 Å². The van der Waals surface area contributed by atoms with Gasteiger partial charge in [-0.05, 0) is 46.6 Å². The van der Waals surface area contributed by atoms with E-state index < -0.39 is 0 Å². The molecule has 1 rings (SSSR count). The first-order chi connectivity index (χ1) is 10.9. The lowest BCUT2D eigenvalue weighted by atomic mass is 9.95. The third-order valence-corrected chi connectivity index (χ3v) is 3.88. The predicted molar refractivity (Wildman–Crippen MR) is 101 cm³/mol. The number of aliphatic hydroxyl groups excluding tert-OH is 1. The molecule has 0 spiro atoms. The van der Waals surface area contributed by atoms with Crippen molar-refractivity contribution in [2.75, 3.05) is 7.05 Å². The van der Waals surface area contributed by atoms with Crippen molar-refractivity contribution in [3.63, 3.8) is 0 Å². The SMILES string of the molecule is C=C/C(=C/O)N(C)/C=C/C=c1/cccc/c1=C(/C)C(=C)C(C)C. The van der Waals surface area contributed by atoms with Crippen LogP contribution in [0.2, 0.25) is 0 Å². The van der Waals surface area contributed by atoms with Crippen LogP contribution in [0.4, 0.5) is 0 Å². The molecule has 2 heteroatoms. The highest BCUT2D eigenvalue weighted by atomic mass is 16.2. The van der Waals surface area contributed by atoms with Gasteiger partial charge in [0.25, 0.3) is 0 Å². The molecule has 23 heavy (non-hydrogen) atoms. The highest BCUT2D eigenvalue weighted by Gasteiger charge is 2.03. The van der Waals surface area contributed by atoms with Gasteiger partial charge in [0.1, 0.15) is 6.26 Å². The van der Waals surface area contributed by atoms with E-state index in [-0.39, 0.29) is 0 Å². The largest absolute Gasteiger partial charge is 0.513 e. The summed E-state index contributed by atoms with van der Waals surface area (Å²) in [6, 6.07) is 8.28. The van der Waals surface area contributed by atoms with Crippen molar-refractivity contribution in [2.45, 2.75) is 20.8 Å². The van der Waals surface area contributed by atoms with Crippen molar-refractivity contribution in [2.24, 2.45) is 5.92 Å². The van der Waals surface area contributed by atoms with E-state index >= 15 is 0 Å². The lowest BCUT2D eigenvalue weighted by Gasteiger charge is -2.12. The summed E-state index contributed by atoms with van der Waals surface area (Å²) < 4.78 is 0. The number of likely N-dealkylation sites (N-methyl/N-ethyl adjacent to an activating group) is 1. The lowest BCUT2D eigenvalue weighted by molar-refractivity contribution is 0.442. The Kier molecular flexibility index (Phi) is 7.14. The maximum atomic E-state index is 9.11. The molecule has 0 amide bonds. The van der Waals surface area contributed by atoms with E-state index in [0.29, 0.717) is 11.6 Å². The third-order valence-electron chi connectivity index (χ3n) is 3.88. The van der Waals surface area contributed by atoms with Crippen LogP contribution in [0, 0.1) is 5.92 Å². The number of nitrogens with zero attached hydrogens (tertiary/aromatic N) is 1. The minimum Gasteiger partial charge on any atom is -0.513 e. The molecule has 1 aromatic carbocycles. The number of aliphatic hydroxyl groups is 1. The van der Waals surface area contributed by atoms with Gasteiger partial charge in [0, 0.05) is 13.2 Å². The van der Waals surface area contributed by atoms with E-state index in [1.165, 1.54) is 10.8 Å². The van der Waals surface area contributed by atoms with Gasteiger partial charge in [-0.3, -0.25) is 0 Å². The van der Waals surface area contributed by atoms with Gasteiger partial charge in [-0.15, -0.1) is 0 Å². The van der Waals surface area contributed by atoms with Crippen molar-refractivity contribution < 1.29 is 5.11 Å². The average molecular weight is 309 g/mol. The molecule has 0 unspecified atom stereocenters. The van der Waals surface area contributed by atoms with Gasteiger partial charge >= 0.3 is 0 Å². The second kappa shape index (κ2) is 8.84. The molecule has 2 nitrogen and oxygen atoms in total. The van der Waals surface area contributed by atoms with Gasteiger partial charge < -0.3 is 10.0 Å². The fourth-order valence-electron chi connectivity index (χ4n) is 2.24. The zero-order chi connectivity index (χ0) is 17.4. The molecule has 0 heterocycles. The summed E-state index contributed by atoms with van der Waals surface area (Å²) in [7, 11) is 1.86. The first kappa shape index (κ1) is 18.6. The summed E-state index contributed by atoms with van der Waals surface area (Å²) in [5.41, 5.74) is 3.01. The van der Waals surface area contributed by atoms with Gasteiger partial charge in [0.05, 0.1) is 5.70 Å². The van der Waals surface area contributed by atoms with E-state index in [4.69, 9.17) is 5.11 Å². The van der Waals surface area contributed by atoms with Crippen LogP contribution >= 0.6 is 0 Å². The van der Waals surface area contributed by atoms with Gasteiger partial charge in [-0.2, -0.15) is 0 Å². The number of benzene rings is 1. The molecule has 0 aliphatic heterocycles. The summed E-state index contributed by atoms with van der Waals surface area (Å²) in [4.78, 5) is 1.80. The van der Waals surface area contributed by atoms with E-state index in [1.54, 1.807) is 11.0 Å². The summed E-state index contributed by atoms with van der Waals surface area (Å²) in [5.74, 6) is 0.426. The predicted octanol–water partition coefficient (Wildman–Crippen LogP) is 3.88. The third kappa shape index (κ3) is 5.03. The average Bonchev–Trinajstić information content (AvgIpc) is 2.55. The van der Waals surface area contributed by atoms with Crippen LogP contribution < -0.4 is 10.4 Å². The van der Waals surface area contributed by atoms with Crippen LogP contribution in [-0.4, -0.2) is 17.1 Å². The standard InChI is InChI=1S/C21H27NO/c1-7-20(15-23)22(6)14-10-12-19-11-8-9-13-21(19)18(5)17(4)16(2)3/h7-16,23H,1,4H2,2-3,5-6H3/b14-10+,19-12-,20-15-,21-18+. The smallest absolute Gasteiger partial charge is 0.103 e. The fraction of sp³-hybridized carbons (Fsp3) is 0.238. The van der Waals surface area contributed by atoms with Crippen molar-refractivity contribution in [3.8, 4) is 0 Å². The minimum atomic E-state index is 0.426. The minimum absolute atomic E-state index is 0.426. The monoisotopic (exact) mass is 309 g/mol. The maximum Gasteiger partial charge on any atom is 0.103 e. The number of allylic oxidation sites excluding steroid dienone is 3. The van der Waals surface area contributed by atoms with Gasteiger partial charge in [-0.25, -0.2) is 0 Å². The topological polar surface area (TPSA) is 23.5 Å². The van der Waals surface area contributed by atoms with Gasteiger partial charge in [0.2, 0.25) is 0 Å². The van der Waals surface area contributed by atoms with Gasteiger partial charge in [0.15, 0.2) is 0 Å². The molecule has 0 aliphatic rings. The Labute approximate surface area is 139 Å². The van der Waals surface area contributed by atoms with Crippen molar-refractivity contribution in [1.82, 2.24) is 4.90 Å². The second-order valence-corrected chi connectivity index (χ2v) is 5.77. The number of rotatable bonds is 6. The fourth-order valence-corrected chi connectivity index (χ4v) is 2.24. The highest BCUT2D eigenvalue weighted by molar-refractivity contribution is 5.62. The van der Waals surface area contributed by atoms with E-state index in [1.807, 2.05) is 31.5 Å².